The first-order valence-electron chi connectivity index (χ1n) is 24.2. The number of nitrogens with zero attached hydrogens (tertiary/aromatic N) is 1. The van der Waals surface area contributed by atoms with Gasteiger partial charge in [-0.2, -0.15) is 0 Å². The zero-order chi connectivity index (χ0) is 46.4. The second kappa shape index (κ2) is 15.7. The van der Waals surface area contributed by atoms with Crippen molar-refractivity contribution in [1.29, 1.82) is 0 Å². The summed E-state index contributed by atoms with van der Waals surface area (Å²) in [7, 11) is 0. The van der Waals surface area contributed by atoms with Gasteiger partial charge in [-0.15, -0.1) is 0 Å². The lowest BCUT2D eigenvalue weighted by atomic mass is 9.67. The van der Waals surface area contributed by atoms with E-state index in [-0.39, 0.29) is 10.8 Å². The number of aryl methyl sites for hydroxylation is 1. The van der Waals surface area contributed by atoms with Crippen LogP contribution in [0.4, 0.5) is 17.1 Å². The third kappa shape index (κ3) is 6.36. The van der Waals surface area contributed by atoms with Gasteiger partial charge in [0.2, 0.25) is 0 Å². The number of anilines is 3. The summed E-state index contributed by atoms with van der Waals surface area (Å²) in [4.78, 5) is 2.52. The Hall–Kier alpha value is -7.74. The first kappa shape index (κ1) is 41.7. The molecule has 0 fully saturated rings. The fourth-order valence-corrected chi connectivity index (χ4v) is 11.8. The van der Waals surface area contributed by atoms with E-state index in [1.165, 1.54) is 99.8 Å². The van der Waals surface area contributed by atoms with Gasteiger partial charge >= 0.3 is 0 Å². The molecule has 0 radical (unpaired) electrons. The highest BCUT2D eigenvalue weighted by atomic mass is 15.1. The average molecular weight is 874 g/mol. The minimum atomic E-state index is -0.493. The molecule has 2 aliphatic rings. The lowest BCUT2D eigenvalue weighted by Gasteiger charge is -2.34. The van der Waals surface area contributed by atoms with Crippen molar-refractivity contribution in [3.8, 4) is 44.5 Å². The molecule has 1 heteroatoms. The van der Waals surface area contributed by atoms with Gasteiger partial charge in [-0.05, 0) is 131 Å². The zero-order valence-corrected chi connectivity index (χ0v) is 39.8. The Morgan fingerprint density at radius 2 is 0.971 bits per heavy atom. The SMILES string of the molecule is Cc1ccc(C2(c3ccccc3)c3ccccc3-c3cc(N(c4ccc(-c5ccc(C(C)(C)C)cc5)cc4)c4ccc5ccccc5c4-c4cccc5c4-c4ccccc4C5(C)C)ccc32)cc1. The third-order valence-corrected chi connectivity index (χ3v) is 15.2. The smallest absolute Gasteiger partial charge is 0.0713 e. The topological polar surface area (TPSA) is 3.24 Å². The number of hydrogen-bond acceptors (Lipinski definition) is 1. The van der Waals surface area contributed by atoms with E-state index >= 15 is 0 Å². The van der Waals surface area contributed by atoms with E-state index < -0.39 is 5.41 Å². The zero-order valence-electron chi connectivity index (χ0n) is 39.8. The molecule has 10 aromatic carbocycles. The van der Waals surface area contributed by atoms with Gasteiger partial charge in [-0.1, -0.05) is 234 Å². The van der Waals surface area contributed by atoms with E-state index in [9.17, 15) is 0 Å². The molecule has 1 nitrogen and oxygen atoms in total. The molecule has 1 unspecified atom stereocenters. The Labute approximate surface area is 402 Å². The highest BCUT2D eigenvalue weighted by molar-refractivity contribution is 6.10. The maximum absolute atomic E-state index is 2.52. The summed E-state index contributed by atoms with van der Waals surface area (Å²) in [5.74, 6) is 0. The standard InChI is InChI=1S/C67H55N/c1-44-27-34-50(35-28-44)67(49-18-8-7-9-19-49)59-25-15-12-21-54(59)57-43-52(40-41-60(57)67)68(51-38-31-46(32-39-51)45-29-36-48(37-30-45)65(2,3)4)62-42-33-47-17-10-11-20-53(47)64(62)56-23-16-26-61-63(56)55-22-13-14-24-58(55)66(61,5)6/h7-43H,1-6H3. The molecule has 0 aromatic heterocycles. The quantitative estimate of drug-likeness (QED) is 0.154. The molecule has 0 N–H and O–H groups in total. The Bertz CT molecular complexity index is 3550. The highest BCUT2D eigenvalue weighted by Gasteiger charge is 2.46. The summed E-state index contributed by atoms with van der Waals surface area (Å²) in [6.07, 6.45) is 0. The lowest BCUT2D eigenvalue weighted by molar-refractivity contribution is 0.590. The van der Waals surface area contributed by atoms with Crippen LogP contribution in [0.2, 0.25) is 0 Å². The molecule has 68 heavy (non-hydrogen) atoms. The van der Waals surface area contributed by atoms with Gasteiger partial charge < -0.3 is 4.90 Å². The van der Waals surface area contributed by atoms with E-state index in [0.29, 0.717) is 0 Å². The fourth-order valence-electron chi connectivity index (χ4n) is 11.8. The van der Waals surface area contributed by atoms with Crippen LogP contribution in [0.3, 0.4) is 0 Å². The summed E-state index contributed by atoms with van der Waals surface area (Å²) in [6, 6.07) is 84.7. The Balaban J connectivity index is 1.12. The van der Waals surface area contributed by atoms with E-state index in [1.807, 2.05) is 0 Å². The van der Waals surface area contributed by atoms with Crippen LogP contribution in [0.15, 0.2) is 224 Å². The molecule has 2 aliphatic carbocycles. The van der Waals surface area contributed by atoms with Crippen LogP contribution in [0.1, 0.15) is 79.1 Å². The summed E-state index contributed by atoms with van der Waals surface area (Å²) < 4.78 is 0. The Morgan fingerprint density at radius 1 is 0.397 bits per heavy atom. The molecule has 0 amide bonds. The Kier molecular flexibility index (Phi) is 9.61. The summed E-state index contributed by atoms with van der Waals surface area (Å²) in [5.41, 5.74) is 23.3. The minimum Gasteiger partial charge on any atom is -0.310 e. The first-order valence-corrected chi connectivity index (χ1v) is 24.2. The molecule has 328 valence electrons. The van der Waals surface area contributed by atoms with Crippen LogP contribution >= 0.6 is 0 Å². The molecule has 0 heterocycles. The van der Waals surface area contributed by atoms with Crippen LogP contribution in [-0.2, 0) is 16.2 Å². The van der Waals surface area contributed by atoms with Gasteiger partial charge in [0.05, 0.1) is 11.1 Å². The predicted octanol–water partition coefficient (Wildman–Crippen LogP) is 17.9. The molecule has 0 saturated carbocycles. The number of fused-ring (bicyclic) bond motifs is 7. The molecule has 1 atom stereocenters. The van der Waals surface area contributed by atoms with Crippen molar-refractivity contribution in [2.24, 2.45) is 0 Å². The molecule has 0 saturated heterocycles. The number of hydrogen-bond donors (Lipinski definition) is 0. The van der Waals surface area contributed by atoms with Gasteiger partial charge in [0.25, 0.3) is 0 Å². The van der Waals surface area contributed by atoms with Gasteiger partial charge in [-0.3, -0.25) is 0 Å². The van der Waals surface area contributed by atoms with Crippen molar-refractivity contribution in [1.82, 2.24) is 0 Å². The highest BCUT2D eigenvalue weighted by Crippen LogP contribution is 2.59. The molecule has 12 rings (SSSR count). The van der Waals surface area contributed by atoms with E-state index in [0.717, 1.165) is 17.1 Å². The van der Waals surface area contributed by atoms with Gasteiger partial charge in [-0.25, -0.2) is 0 Å². The Morgan fingerprint density at radius 3 is 1.71 bits per heavy atom. The van der Waals surface area contributed by atoms with Crippen molar-refractivity contribution in [3.05, 3.63) is 269 Å². The van der Waals surface area contributed by atoms with Crippen molar-refractivity contribution in [3.63, 3.8) is 0 Å². The van der Waals surface area contributed by atoms with Gasteiger partial charge in [0, 0.05) is 22.4 Å². The lowest BCUT2D eigenvalue weighted by Crippen LogP contribution is -2.28. The molecule has 0 bridgehead atoms. The number of rotatable bonds is 7. The molecular formula is C67H55N. The van der Waals surface area contributed by atoms with E-state index in [1.54, 1.807) is 0 Å². The van der Waals surface area contributed by atoms with E-state index in [4.69, 9.17) is 0 Å². The van der Waals surface area contributed by atoms with Crippen LogP contribution in [0, 0.1) is 6.92 Å². The van der Waals surface area contributed by atoms with Gasteiger partial charge in [0.15, 0.2) is 0 Å². The van der Waals surface area contributed by atoms with Crippen LogP contribution in [0.25, 0.3) is 55.3 Å². The number of benzene rings is 10. The fraction of sp³-hybridized carbons (Fsp3) is 0.134. The third-order valence-electron chi connectivity index (χ3n) is 15.2. The van der Waals surface area contributed by atoms with Crippen molar-refractivity contribution < 1.29 is 0 Å². The van der Waals surface area contributed by atoms with Crippen LogP contribution < -0.4 is 4.90 Å². The normalized spacial score (nSPS) is 15.4. The molecular weight excluding hydrogens is 819 g/mol. The van der Waals surface area contributed by atoms with Crippen LogP contribution in [-0.4, -0.2) is 0 Å². The van der Waals surface area contributed by atoms with Crippen molar-refractivity contribution in [2.45, 2.75) is 57.8 Å². The average Bonchev–Trinajstić information content (AvgIpc) is 3.80. The maximum Gasteiger partial charge on any atom is 0.0713 e. The van der Waals surface area contributed by atoms with Crippen molar-refractivity contribution >= 4 is 27.8 Å². The van der Waals surface area contributed by atoms with Crippen LogP contribution in [0.5, 0.6) is 0 Å². The van der Waals surface area contributed by atoms with E-state index in [2.05, 4.69) is 271 Å². The largest absolute Gasteiger partial charge is 0.310 e. The molecule has 10 aromatic rings. The van der Waals surface area contributed by atoms with Crippen molar-refractivity contribution in [2.75, 3.05) is 4.90 Å². The first-order chi connectivity index (χ1) is 33.0. The minimum absolute atomic E-state index is 0.0917. The summed E-state index contributed by atoms with van der Waals surface area (Å²) in [5, 5.41) is 2.45. The molecule has 0 spiro atoms. The summed E-state index contributed by atoms with van der Waals surface area (Å²) in [6.45, 7) is 13.8. The summed E-state index contributed by atoms with van der Waals surface area (Å²) >= 11 is 0. The maximum atomic E-state index is 2.52. The van der Waals surface area contributed by atoms with Gasteiger partial charge in [0.1, 0.15) is 0 Å². The monoisotopic (exact) mass is 873 g/mol. The molecule has 0 aliphatic heterocycles. The second-order valence-corrected chi connectivity index (χ2v) is 20.5. The predicted molar refractivity (Wildman–Crippen MR) is 288 cm³/mol. The second-order valence-electron chi connectivity index (χ2n) is 20.5.